The number of anilines is 2. The second-order valence-electron chi connectivity index (χ2n) is 8.55. The van der Waals surface area contributed by atoms with Crippen molar-refractivity contribution in [2.24, 2.45) is 7.05 Å². The fraction of sp³-hybridized carbons (Fsp3) is 0.107. The number of fused-ring (bicyclic) bond motifs is 1. The van der Waals surface area contributed by atoms with Crippen LogP contribution in [-0.4, -0.2) is 26.5 Å². The van der Waals surface area contributed by atoms with Crippen molar-refractivity contribution in [2.75, 3.05) is 10.6 Å². The van der Waals surface area contributed by atoms with Crippen molar-refractivity contribution in [1.82, 2.24) is 9.55 Å². The average molecular weight is 483 g/mol. The highest BCUT2D eigenvalue weighted by Gasteiger charge is 2.29. The molecular formula is C28H23FN4O3. The van der Waals surface area contributed by atoms with Gasteiger partial charge in [0.25, 0.3) is 5.91 Å². The summed E-state index contributed by atoms with van der Waals surface area (Å²) in [7, 11) is 1.93. The molecule has 3 N–H and O–H groups in total. The lowest BCUT2D eigenvalue weighted by molar-refractivity contribution is -0.137. The lowest BCUT2D eigenvalue weighted by Gasteiger charge is -2.16. The lowest BCUT2D eigenvalue weighted by Crippen LogP contribution is -2.10. The van der Waals surface area contributed by atoms with Crippen LogP contribution in [0.3, 0.4) is 0 Å². The third kappa shape index (κ3) is 4.61. The fourth-order valence-corrected chi connectivity index (χ4v) is 4.25. The molecular weight excluding hydrogens is 459 g/mol. The van der Waals surface area contributed by atoms with Crippen LogP contribution in [0.5, 0.6) is 0 Å². The zero-order valence-electron chi connectivity index (χ0n) is 19.5. The summed E-state index contributed by atoms with van der Waals surface area (Å²) in [6.45, 7) is 0. The number of halogens is 1. The van der Waals surface area contributed by atoms with Crippen LogP contribution in [0.15, 0.2) is 79.1 Å². The topological polar surface area (TPSA) is 96.3 Å². The van der Waals surface area contributed by atoms with Gasteiger partial charge in [0.1, 0.15) is 11.6 Å². The number of imidazole rings is 1. The van der Waals surface area contributed by atoms with Gasteiger partial charge < -0.3 is 20.3 Å². The molecule has 1 aliphatic heterocycles. The third-order valence-corrected chi connectivity index (χ3v) is 6.08. The number of nitrogens with zero attached hydrogens (tertiary/aromatic N) is 2. The molecule has 0 unspecified atom stereocenters. The summed E-state index contributed by atoms with van der Waals surface area (Å²) in [5.41, 5.74) is 5.30. The maximum absolute atomic E-state index is 13.8. The average Bonchev–Trinajstić information content (AvgIpc) is 3.43. The van der Waals surface area contributed by atoms with Crippen LogP contribution < -0.4 is 10.6 Å². The number of aliphatic carboxylic acids is 1. The van der Waals surface area contributed by atoms with Crippen LogP contribution in [0.2, 0.25) is 0 Å². The third-order valence-electron chi connectivity index (χ3n) is 6.08. The van der Waals surface area contributed by atoms with E-state index in [1.807, 2.05) is 66.3 Å². The van der Waals surface area contributed by atoms with Gasteiger partial charge in [0, 0.05) is 42.7 Å². The maximum Gasteiger partial charge on any atom is 0.303 e. The molecule has 8 heteroatoms. The molecule has 1 amide bonds. The van der Waals surface area contributed by atoms with Crippen molar-refractivity contribution in [2.45, 2.75) is 12.8 Å². The molecule has 180 valence electrons. The predicted octanol–water partition coefficient (Wildman–Crippen LogP) is 5.18. The number of aromatic nitrogens is 2. The Hall–Kier alpha value is -4.72. The minimum absolute atomic E-state index is 0.0369. The Labute approximate surface area is 206 Å². The van der Waals surface area contributed by atoms with Gasteiger partial charge in [0.2, 0.25) is 0 Å². The summed E-state index contributed by atoms with van der Waals surface area (Å²) in [5.74, 6) is -0.789. The summed E-state index contributed by atoms with van der Waals surface area (Å²) >= 11 is 0. The van der Waals surface area contributed by atoms with Crippen LogP contribution in [0.4, 0.5) is 15.8 Å². The molecule has 0 saturated heterocycles. The zero-order chi connectivity index (χ0) is 25.2. The van der Waals surface area contributed by atoms with E-state index in [0.717, 1.165) is 28.2 Å². The first-order valence-electron chi connectivity index (χ1n) is 11.4. The highest BCUT2D eigenvalue weighted by atomic mass is 19.1. The molecule has 0 fully saturated rings. The van der Waals surface area contributed by atoms with E-state index < -0.39 is 11.8 Å². The van der Waals surface area contributed by atoms with E-state index in [2.05, 4.69) is 15.6 Å². The standard InChI is InChI=1S/C28H23FN4O3/c1-33-15-14-30-27(33)19-7-10-21(11-8-19)31-26(18-5-2-17(3-6-18)4-13-24(34)35)25-22-12-9-20(29)16-23(22)32-28(25)36/h2-3,5-12,14-16,31H,4,13H2,1H3,(H,32,36)(H,34,35)/b26-25-. The molecule has 0 saturated carbocycles. The lowest BCUT2D eigenvalue weighted by atomic mass is 9.98. The normalized spacial score (nSPS) is 13.8. The van der Waals surface area contributed by atoms with E-state index in [-0.39, 0.29) is 12.3 Å². The monoisotopic (exact) mass is 482 g/mol. The molecule has 7 nitrogen and oxygen atoms in total. The quantitative estimate of drug-likeness (QED) is 0.316. The van der Waals surface area contributed by atoms with Crippen LogP contribution in [-0.2, 0) is 23.1 Å². The van der Waals surface area contributed by atoms with Crippen LogP contribution in [0.25, 0.3) is 22.7 Å². The van der Waals surface area contributed by atoms with Crippen LogP contribution in [0.1, 0.15) is 23.1 Å². The van der Waals surface area contributed by atoms with Crippen molar-refractivity contribution in [3.8, 4) is 11.4 Å². The summed E-state index contributed by atoms with van der Waals surface area (Å²) in [5, 5.41) is 15.1. The van der Waals surface area contributed by atoms with E-state index in [1.165, 1.54) is 12.1 Å². The summed E-state index contributed by atoms with van der Waals surface area (Å²) in [6, 6.07) is 19.3. The second kappa shape index (κ2) is 9.50. The van der Waals surface area contributed by atoms with Gasteiger partial charge in [0.15, 0.2) is 0 Å². The Kier molecular flexibility index (Phi) is 6.08. The highest BCUT2D eigenvalue weighted by molar-refractivity contribution is 6.37. The van der Waals surface area contributed by atoms with Gasteiger partial charge in [-0.2, -0.15) is 0 Å². The van der Waals surface area contributed by atoms with Crippen molar-refractivity contribution in [3.63, 3.8) is 0 Å². The Morgan fingerprint density at radius 2 is 1.83 bits per heavy atom. The largest absolute Gasteiger partial charge is 0.481 e. The van der Waals surface area contributed by atoms with E-state index in [0.29, 0.717) is 28.9 Å². The first-order valence-corrected chi connectivity index (χ1v) is 11.4. The molecule has 5 rings (SSSR count). The predicted molar refractivity (Wildman–Crippen MR) is 137 cm³/mol. The minimum Gasteiger partial charge on any atom is -0.481 e. The first kappa shape index (κ1) is 23.0. The number of aryl methyl sites for hydroxylation is 2. The maximum atomic E-state index is 13.8. The van der Waals surface area contributed by atoms with Crippen molar-refractivity contribution in [3.05, 3.63) is 102 Å². The number of amides is 1. The van der Waals surface area contributed by atoms with E-state index in [9.17, 15) is 14.0 Å². The first-order chi connectivity index (χ1) is 17.4. The fourth-order valence-electron chi connectivity index (χ4n) is 4.25. The van der Waals surface area contributed by atoms with Gasteiger partial charge in [-0.15, -0.1) is 0 Å². The van der Waals surface area contributed by atoms with E-state index in [4.69, 9.17) is 5.11 Å². The van der Waals surface area contributed by atoms with E-state index >= 15 is 0 Å². The van der Waals surface area contributed by atoms with Gasteiger partial charge in [-0.1, -0.05) is 24.3 Å². The van der Waals surface area contributed by atoms with Gasteiger partial charge in [-0.3, -0.25) is 9.59 Å². The molecule has 0 radical (unpaired) electrons. The van der Waals surface area contributed by atoms with Crippen LogP contribution >= 0.6 is 0 Å². The summed E-state index contributed by atoms with van der Waals surface area (Å²) in [6.07, 6.45) is 4.06. The Balaban J connectivity index is 1.54. The molecule has 0 spiro atoms. The minimum atomic E-state index is -0.857. The second-order valence-corrected chi connectivity index (χ2v) is 8.55. The smallest absolute Gasteiger partial charge is 0.303 e. The number of hydrogen-bond donors (Lipinski definition) is 3. The summed E-state index contributed by atoms with van der Waals surface area (Å²) < 4.78 is 15.7. The Bertz CT molecular complexity index is 1490. The zero-order valence-corrected chi connectivity index (χ0v) is 19.5. The van der Waals surface area contributed by atoms with E-state index in [1.54, 1.807) is 12.3 Å². The highest BCUT2D eigenvalue weighted by Crippen LogP contribution is 2.38. The molecule has 3 aromatic carbocycles. The number of rotatable bonds is 7. The molecule has 2 heterocycles. The number of carbonyl (C=O) groups is 2. The molecule has 0 bridgehead atoms. The molecule has 1 aliphatic rings. The van der Waals surface area contributed by atoms with Gasteiger partial charge in [0.05, 0.1) is 17.0 Å². The Morgan fingerprint density at radius 1 is 1.08 bits per heavy atom. The molecule has 36 heavy (non-hydrogen) atoms. The number of carboxylic acids is 1. The molecule has 0 atom stereocenters. The molecule has 4 aromatic rings. The van der Waals surface area contributed by atoms with Crippen LogP contribution in [0, 0.1) is 5.82 Å². The molecule has 1 aromatic heterocycles. The SMILES string of the molecule is Cn1ccnc1-c1ccc(N/C(=C2\C(=O)Nc3cc(F)ccc32)c2ccc(CCC(=O)O)cc2)cc1. The van der Waals surface area contributed by atoms with Gasteiger partial charge in [-0.25, -0.2) is 9.37 Å². The van der Waals surface area contributed by atoms with Gasteiger partial charge in [-0.05, 0) is 60.0 Å². The number of benzene rings is 3. The number of carboxylic acid groups (broad SMARTS) is 1. The number of nitrogens with one attached hydrogen (secondary N) is 2. The Morgan fingerprint density at radius 3 is 2.50 bits per heavy atom. The van der Waals surface area contributed by atoms with Crippen molar-refractivity contribution >= 4 is 34.5 Å². The van der Waals surface area contributed by atoms with Gasteiger partial charge >= 0.3 is 5.97 Å². The number of carbonyl (C=O) groups excluding carboxylic acids is 1. The molecule has 0 aliphatic carbocycles. The summed E-state index contributed by atoms with van der Waals surface area (Å²) in [4.78, 5) is 28.3. The van der Waals surface area contributed by atoms with Crippen molar-refractivity contribution < 1.29 is 19.1 Å². The van der Waals surface area contributed by atoms with Crippen molar-refractivity contribution in [1.29, 1.82) is 0 Å². The number of hydrogen-bond acceptors (Lipinski definition) is 4.